The van der Waals surface area contributed by atoms with Gasteiger partial charge < -0.3 is 74.4 Å². The van der Waals surface area contributed by atoms with Crippen LogP contribution in [0.3, 0.4) is 0 Å². The largest absolute Gasteiger partial charge is 0.462 e. The lowest BCUT2D eigenvalue weighted by Crippen LogP contribution is -2.60. The van der Waals surface area contributed by atoms with Crippen LogP contribution >= 0.6 is 0 Å². The highest BCUT2D eigenvalue weighted by molar-refractivity contribution is 5.86. The molecule has 51 heavy (non-hydrogen) atoms. The zero-order chi connectivity index (χ0) is 37.5. The zero-order valence-electron chi connectivity index (χ0n) is 28.0. The standard InChI is InChI=1S/C34H46O17/c1-3-17(2)34(45,33(44)47-16-19-6-10-21(11-7-19)49-32-30(43)28(41)26(39)23(14-36)51-32)12-24(37)46-15-18-4-8-20(9-5-18)48-31-29(42)27(40)25(38)22(13-35)50-31/h4-11,17,22-23,25-32,35-36,38-43,45H,3,12-16H2,1-2H3/t17?,22-,23-,25-,26-,27+,28+,29-,30-,31?,32?,34?/m1/s1. The SMILES string of the molecule is CCC(C)C(O)(CC(=O)OCc1ccc(OC2O[C@H](CO)[C@@H](O)[C@H](O)[C@H]2O)cc1)C(=O)OCc1ccc(OC2O[C@H](CO)[C@@H](O)[C@H](O)[C@H]2O)cc1. The van der Waals surface area contributed by atoms with Crippen LogP contribution in [0.1, 0.15) is 37.8 Å². The molecule has 17 nitrogen and oxygen atoms in total. The maximum atomic E-state index is 13.1. The van der Waals surface area contributed by atoms with Gasteiger partial charge in [-0.05, 0) is 41.3 Å². The van der Waals surface area contributed by atoms with Crippen LogP contribution in [0.25, 0.3) is 0 Å². The predicted octanol–water partition coefficient (Wildman–Crippen LogP) is -2.00. The molecule has 2 aliphatic heterocycles. The monoisotopic (exact) mass is 726 g/mol. The topological polar surface area (TPSA) is 272 Å². The van der Waals surface area contributed by atoms with Gasteiger partial charge in [-0.25, -0.2) is 4.79 Å². The highest BCUT2D eigenvalue weighted by atomic mass is 16.7. The van der Waals surface area contributed by atoms with E-state index in [0.717, 1.165) is 0 Å². The van der Waals surface area contributed by atoms with Gasteiger partial charge >= 0.3 is 11.9 Å². The van der Waals surface area contributed by atoms with Gasteiger partial charge in [-0.1, -0.05) is 44.5 Å². The molecule has 0 aromatic heterocycles. The average Bonchev–Trinajstić information content (AvgIpc) is 3.13. The van der Waals surface area contributed by atoms with E-state index < -0.39 is 105 Å². The van der Waals surface area contributed by atoms with E-state index in [-0.39, 0.29) is 24.7 Å². The van der Waals surface area contributed by atoms with Gasteiger partial charge in [-0.2, -0.15) is 0 Å². The van der Waals surface area contributed by atoms with Crippen molar-refractivity contribution in [2.45, 2.75) is 107 Å². The van der Waals surface area contributed by atoms with Gasteiger partial charge in [0.05, 0.1) is 19.6 Å². The van der Waals surface area contributed by atoms with Crippen molar-refractivity contribution < 1.29 is 84.0 Å². The maximum Gasteiger partial charge on any atom is 0.339 e. The van der Waals surface area contributed by atoms with Crippen LogP contribution in [0.5, 0.6) is 11.5 Å². The number of aliphatic hydroxyl groups excluding tert-OH is 8. The quantitative estimate of drug-likeness (QED) is 0.0898. The van der Waals surface area contributed by atoms with Crippen molar-refractivity contribution in [2.75, 3.05) is 13.2 Å². The van der Waals surface area contributed by atoms with E-state index in [1.54, 1.807) is 26.0 Å². The molecule has 2 heterocycles. The van der Waals surface area contributed by atoms with Gasteiger partial charge in [0.2, 0.25) is 12.6 Å². The molecule has 0 amide bonds. The fourth-order valence-electron chi connectivity index (χ4n) is 5.42. The third-order valence-electron chi connectivity index (χ3n) is 9.01. The van der Waals surface area contributed by atoms with E-state index in [1.807, 2.05) is 0 Å². The first-order valence-electron chi connectivity index (χ1n) is 16.4. The molecule has 284 valence electrons. The van der Waals surface area contributed by atoms with Crippen molar-refractivity contribution in [2.24, 2.45) is 5.92 Å². The number of benzene rings is 2. The molecule has 0 bridgehead atoms. The fraction of sp³-hybridized carbons (Fsp3) is 0.588. The summed E-state index contributed by atoms with van der Waals surface area (Å²) in [5, 5.41) is 90.1. The summed E-state index contributed by atoms with van der Waals surface area (Å²) in [6.07, 6.45) is -14.9. The summed E-state index contributed by atoms with van der Waals surface area (Å²) in [5.41, 5.74) is -1.21. The fourth-order valence-corrected chi connectivity index (χ4v) is 5.42. The summed E-state index contributed by atoms with van der Waals surface area (Å²) in [6.45, 7) is 1.61. The van der Waals surface area contributed by atoms with Gasteiger partial charge in [0.15, 0.2) is 5.60 Å². The van der Waals surface area contributed by atoms with Crippen LogP contribution in [0.15, 0.2) is 48.5 Å². The number of hydrogen-bond acceptors (Lipinski definition) is 17. The molecule has 2 aromatic rings. The van der Waals surface area contributed by atoms with Crippen molar-refractivity contribution in [1.82, 2.24) is 0 Å². The Morgan fingerprint density at radius 1 is 0.686 bits per heavy atom. The smallest absolute Gasteiger partial charge is 0.339 e. The molecule has 4 unspecified atom stereocenters. The summed E-state index contributed by atoms with van der Waals surface area (Å²) in [7, 11) is 0. The zero-order valence-corrected chi connectivity index (χ0v) is 28.0. The second-order valence-corrected chi connectivity index (χ2v) is 12.6. The maximum absolute atomic E-state index is 13.1. The first-order valence-corrected chi connectivity index (χ1v) is 16.4. The summed E-state index contributed by atoms with van der Waals surface area (Å²) in [5.74, 6) is -2.19. The average molecular weight is 727 g/mol. The normalized spacial score (nSPS) is 31.2. The van der Waals surface area contributed by atoms with Crippen molar-refractivity contribution in [3.8, 4) is 11.5 Å². The molecule has 2 aliphatic rings. The molecular weight excluding hydrogens is 680 g/mol. The Hall–Kier alpha value is -3.46. The second-order valence-electron chi connectivity index (χ2n) is 12.6. The van der Waals surface area contributed by atoms with Gasteiger partial charge in [-0.3, -0.25) is 4.79 Å². The molecule has 9 N–H and O–H groups in total. The summed E-state index contributed by atoms with van der Waals surface area (Å²) in [4.78, 5) is 25.9. The third-order valence-corrected chi connectivity index (χ3v) is 9.01. The first-order chi connectivity index (χ1) is 24.2. The van der Waals surface area contributed by atoms with E-state index in [9.17, 15) is 55.5 Å². The number of ether oxygens (including phenoxy) is 6. The molecule has 17 heteroatoms. The Balaban J connectivity index is 1.28. The van der Waals surface area contributed by atoms with Crippen LogP contribution in [0.2, 0.25) is 0 Å². The number of esters is 2. The lowest BCUT2D eigenvalue weighted by Gasteiger charge is -2.39. The van der Waals surface area contributed by atoms with Gasteiger partial charge in [0.25, 0.3) is 0 Å². The summed E-state index contributed by atoms with van der Waals surface area (Å²) < 4.78 is 32.4. The van der Waals surface area contributed by atoms with Crippen LogP contribution in [0, 0.1) is 5.92 Å². The van der Waals surface area contributed by atoms with E-state index in [1.165, 1.54) is 36.4 Å². The van der Waals surface area contributed by atoms with E-state index >= 15 is 0 Å². The predicted molar refractivity (Wildman–Crippen MR) is 170 cm³/mol. The highest BCUT2D eigenvalue weighted by Gasteiger charge is 2.47. The van der Waals surface area contributed by atoms with Crippen LogP contribution < -0.4 is 9.47 Å². The van der Waals surface area contributed by atoms with Crippen LogP contribution in [-0.4, -0.2) is 138 Å². The Bertz CT molecular complexity index is 1400. The Kier molecular flexibility index (Phi) is 14.1. The number of rotatable bonds is 15. The van der Waals surface area contributed by atoms with Crippen molar-refractivity contribution in [3.05, 3.63) is 59.7 Å². The third kappa shape index (κ3) is 9.70. The number of carbonyl (C=O) groups is 2. The van der Waals surface area contributed by atoms with Crippen LogP contribution in [-0.2, 0) is 41.8 Å². The molecule has 12 atom stereocenters. The molecule has 4 rings (SSSR count). The number of aliphatic hydroxyl groups is 9. The van der Waals surface area contributed by atoms with Crippen LogP contribution in [0.4, 0.5) is 0 Å². The highest BCUT2D eigenvalue weighted by Crippen LogP contribution is 2.29. The lowest BCUT2D eigenvalue weighted by atomic mass is 9.84. The summed E-state index contributed by atoms with van der Waals surface area (Å²) >= 11 is 0. The van der Waals surface area contributed by atoms with E-state index in [4.69, 9.17) is 28.4 Å². The van der Waals surface area contributed by atoms with Gasteiger partial charge in [0.1, 0.15) is 73.5 Å². The second kappa shape index (κ2) is 17.8. The molecule has 2 fully saturated rings. The minimum atomic E-state index is -2.21. The Morgan fingerprint density at radius 2 is 1.10 bits per heavy atom. The number of hydrogen-bond donors (Lipinski definition) is 9. The molecule has 2 aromatic carbocycles. The molecule has 0 spiro atoms. The first kappa shape index (κ1) is 40.3. The number of carbonyl (C=O) groups excluding carboxylic acids is 2. The Labute approximate surface area is 293 Å². The minimum absolute atomic E-state index is 0.198. The van der Waals surface area contributed by atoms with Crippen molar-refractivity contribution in [3.63, 3.8) is 0 Å². The summed E-state index contributed by atoms with van der Waals surface area (Å²) in [6, 6.07) is 12.0. The van der Waals surface area contributed by atoms with Crippen molar-refractivity contribution in [1.29, 1.82) is 0 Å². The molecule has 0 aliphatic carbocycles. The Morgan fingerprint density at radius 3 is 1.49 bits per heavy atom. The van der Waals surface area contributed by atoms with E-state index in [0.29, 0.717) is 17.5 Å². The molecule has 2 saturated heterocycles. The molecular formula is C34H46O17. The van der Waals surface area contributed by atoms with Gasteiger partial charge in [-0.15, -0.1) is 0 Å². The molecule has 0 saturated carbocycles. The van der Waals surface area contributed by atoms with Crippen molar-refractivity contribution >= 4 is 11.9 Å². The van der Waals surface area contributed by atoms with Gasteiger partial charge in [0, 0.05) is 0 Å². The lowest BCUT2D eigenvalue weighted by molar-refractivity contribution is -0.277. The molecule has 0 radical (unpaired) electrons. The minimum Gasteiger partial charge on any atom is -0.462 e. The van der Waals surface area contributed by atoms with E-state index in [2.05, 4.69) is 0 Å².